The van der Waals surface area contributed by atoms with E-state index < -0.39 is 0 Å². The van der Waals surface area contributed by atoms with Gasteiger partial charge in [0, 0.05) is 17.5 Å². The second-order valence-electron chi connectivity index (χ2n) is 4.61. The molecular weight excluding hydrogens is 304 g/mol. The van der Waals surface area contributed by atoms with Gasteiger partial charge in [-0.1, -0.05) is 24.4 Å². The van der Waals surface area contributed by atoms with Crippen LogP contribution in [0.5, 0.6) is 0 Å². The van der Waals surface area contributed by atoms with Gasteiger partial charge < -0.3 is 11.1 Å². The summed E-state index contributed by atoms with van der Waals surface area (Å²) in [5.41, 5.74) is 9.69. The van der Waals surface area contributed by atoms with Gasteiger partial charge in [-0.15, -0.1) is 11.3 Å². The first-order valence-electron chi connectivity index (χ1n) is 6.30. The highest BCUT2D eigenvalue weighted by atomic mass is 32.1. The Morgan fingerprint density at radius 3 is 2.90 bits per heavy atom. The van der Waals surface area contributed by atoms with Crippen LogP contribution >= 0.6 is 23.6 Å². The third-order valence-electron chi connectivity index (χ3n) is 2.80. The van der Waals surface area contributed by atoms with Crippen LogP contribution < -0.4 is 11.1 Å². The second-order valence-corrected chi connectivity index (χ2v) is 5.77. The number of amides is 1. The predicted octanol–water partition coefficient (Wildman–Crippen LogP) is 1.85. The number of carbonyl (C=O) groups excluding carboxylic acids is 1. The first-order valence-corrected chi connectivity index (χ1v) is 7.65. The average Bonchev–Trinajstić information content (AvgIpc) is 2.91. The summed E-state index contributed by atoms with van der Waals surface area (Å²) in [5.74, 6) is -0.114. The van der Waals surface area contributed by atoms with Crippen molar-refractivity contribution in [2.24, 2.45) is 5.73 Å². The minimum Gasteiger partial charge on any atom is -0.389 e. The number of likely N-dealkylation sites (N-methyl/N-ethyl adjacent to an activating group) is 1. The van der Waals surface area contributed by atoms with Crippen LogP contribution in [0.15, 0.2) is 35.2 Å². The van der Waals surface area contributed by atoms with Crippen molar-refractivity contribution < 1.29 is 4.79 Å². The molecule has 0 aliphatic carbocycles. The predicted molar refractivity (Wildman–Crippen MR) is 89.4 cm³/mol. The molecule has 3 N–H and O–H groups in total. The van der Waals surface area contributed by atoms with E-state index in [0.29, 0.717) is 17.8 Å². The largest absolute Gasteiger partial charge is 0.389 e. The Morgan fingerprint density at radius 2 is 2.24 bits per heavy atom. The average molecular weight is 320 g/mol. The Labute approximate surface area is 132 Å². The van der Waals surface area contributed by atoms with Crippen molar-refractivity contribution in [3.05, 3.63) is 46.4 Å². The molecule has 0 aliphatic heterocycles. The Morgan fingerprint density at radius 1 is 1.48 bits per heavy atom. The minimum atomic E-state index is -0.114. The Kier molecular flexibility index (Phi) is 5.38. The first-order chi connectivity index (χ1) is 10.1. The summed E-state index contributed by atoms with van der Waals surface area (Å²) >= 11 is 6.52. The number of benzene rings is 1. The molecule has 21 heavy (non-hydrogen) atoms. The molecule has 0 saturated carbocycles. The van der Waals surface area contributed by atoms with Crippen LogP contribution in [0.25, 0.3) is 0 Å². The van der Waals surface area contributed by atoms with Crippen molar-refractivity contribution in [2.75, 3.05) is 18.9 Å². The van der Waals surface area contributed by atoms with Crippen LogP contribution in [0.1, 0.15) is 11.3 Å². The Hall–Kier alpha value is -1.83. The fraction of sp³-hybridized carbons (Fsp3) is 0.214. The monoisotopic (exact) mass is 320 g/mol. The lowest BCUT2D eigenvalue weighted by atomic mass is 10.2. The van der Waals surface area contributed by atoms with Crippen LogP contribution in [0.4, 0.5) is 5.69 Å². The zero-order valence-corrected chi connectivity index (χ0v) is 13.2. The lowest BCUT2D eigenvalue weighted by molar-refractivity contribution is -0.117. The molecule has 0 atom stereocenters. The summed E-state index contributed by atoms with van der Waals surface area (Å²) < 4.78 is 0. The molecule has 0 radical (unpaired) electrons. The van der Waals surface area contributed by atoms with E-state index in [-0.39, 0.29) is 17.4 Å². The first kappa shape index (κ1) is 15.6. The number of thiazole rings is 1. The standard InChI is InChI=1S/C14H16N4OS2/c1-18(6-10-8-21-9-16-10)7-13(19)17-12-5-3-2-4-11(12)14(15)20/h2-5,8-9H,6-7H2,1H3,(H2,15,20)(H,17,19). The van der Waals surface area contributed by atoms with Gasteiger partial charge in [-0.2, -0.15) is 0 Å². The molecule has 0 fully saturated rings. The third kappa shape index (κ3) is 4.59. The highest BCUT2D eigenvalue weighted by molar-refractivity contribution is 7.80. The number of rotatable bonds is 6. The summed E-state index contributed by atoms with van der Waals surface area (Å²) in [6.45, 7) is 0.900. The number of anilines is 1. The fourth-order valence-electron chi connectivity index (χ4n) is 1.89. The third-order valence-corrected chi connectivity index (χ3v) is 3.65. The van der Waals surface area contributed by atoms with Gasteiger partial charge in [0.1, 0.15) is 4.99 Å². The van der Waals surface area contributed by atoms with Gasteiger partial charge in [-0.05, 0) is 19.2 Å². The molecule has 7 heteroatoms. The van der Waals surface area contributed by atoms with E-state index >= 15 is 0 Å². The number of carbonyl (C=O) groups is 1. The maximum Gasteiger partial charge on any atom is 0.238 e. The fourth-order valence-corrected chi connectivity index (χ4v) is 2.62. The molecule has 110 valence electrons. The van der Waals surface area contributed by atoms with E-state index in [9.17, 15) is 4.79 Å². The Balaban J connectivity index is 1.94. The van der Waals surface area contributed by atoms with E-state index in [1.807, 2.05) is 29.5 Å². The zero-order valence-electron chi connectivity index (χ0n) is 11.6. The topological polar surface area (TPSA) is 71.2 Å². The number of aromatic nitrogens is 1. The SMILES string of the molecule is CN(CC(=O)Nc1ccccc1C(N)=S)Cc1cscn1. The molecule has 2 rings (SSSR count). The van der Waals surface area contributed by atoms with Gasteiger partial charge in [0.15, 0.2) is 0 Å². The molecule has 1 aromatic carbocycles. The number of nitrogens with two attached hydrogens (primary N) is 1. The molecule has 0 bridgehead atoms. The van der Waals surface area contributed by atoms with Crippen LogP contribution in [-0.2, 0) is 11.3 Å². The summed E-state index contributed by atoms with van der Waals surface area (Å²) in [6.07, 6.45) is 0. The molecular formula is C14H16N4OS2. The van der Waals surface area contributed by atoms with Crippen molar-refractivity contribution in [1.29, 1.82) is 0 Å². The summed E-state index contributed by atoms with van der Waals surface area (Å²) in [5, 5.41) is 4.81. The molecule has 1 heterocycles. The number of hydrogen-bond acceptors (Lipinski definition) is 5. The molecule has 0 spiro atoms. The molecule has 5 nitrogen and oxygen atoms in total. The van der Waals surface area contributed by atoms with Crippen molar-refractivity contribution in [2.45, 2.75) is 6.54 Å². The van der Waals surface area contributed by atoms with Crippen molar-refractivity contribution in [3.8, 4) is 0 Å². The van der Waals surface area contributed by atoms with Gasteiger partial charge in [-0.25, -0.2) is 4.98 Å². The zero-order chi connectivity index (χ0) is 15.2. The van der Waals surface area contributed by atoms with E-state index in [0.717, 1.165) is 5.69 Å². The normalized spacial score (nSPS) is 10.6. The number of hydrogen-bond donors (Lipinski definition) is 2. The van der Waals surface area contributed by atoms with E-state index in [1.54, 1.807) is 29.0 Å². The molecule has 2 aromatic rings. The number of nitrogens with one attached hydrogen (secondary N) is 1. The van der Waals surface area contributed by atoms with Crippen molar-refractivity contribution in [1.82, 2.24) is 9.88 Å². The molecule has 0 aliphatic rings. The Bertz CT molecular complexity index is 628. The van der Waals surface area contributed by atoms with Gasteiger partial charge in [0.2, 0.25) is 5.91 Å². The number of para-hydroxylation sites is 1. The smallest absolute Gasteiger partial charge is 0.238 e. The lowest BCUT2D eigenvalue weighted by Gasteiger charge is -2.16. The van der Waals surface area contributed by atoms with Gasteiger partial charge >= 0.3 is 0 Å². The second kappa shape index (κ2) is 7.26. The van der Waals surface area contributed by atoms with Gasteiger partial charge in [0.25, 0.3) is 0 Å². The van der Waals surface area contributed by atoms with Crippen LogP contribution in [0.3, 0.4) is 0 Å². The molecule has 0 saturated heterocycles. The lowest BCUT2D eigenvalue weighted by Crippen LogP contribution is -2.30. The van der Waals surface area contributed by atoms with Crippen LogP contribution in [0, 0.1) is 0 Å². The number of nitrogens with zero attached hydrogens (tertiary/aromatic N) is 2. The van der Waals surface area contributed by atoms with E-state index in [2.05, 4.69) is 10.3 Å². The summed E-state index contributed by atoms with van der Waals surface area (Å²) in [7, 11) is 1.87. The van der Waals surface area contributed by atoms with Crippen molar-refractivity contribution >= 4 is 40.1 Å². The quantitative estimate of drug-likeness (QED) is 0.795. The van der Waals surface area contributed by atoms with Crippen molar-refractivity contribution in [3.63, 3.8) is 0 Å². The molecule has 1 amide bonds. The highest BCUT2D eigenvalue weighted by Crippen LogP contribution is 2.14. The summed E-state index contributed by atoms with van der Waals surface area (Å²) in [6, 6.07) is 7.23. The van der Waals surface area contributed by atoms with Crippen LogP contribution in [-0.4, -0.2) is 34.4 Å². The minimum absolute atomic E-state index is 0.114. The van der Waals surface area contributed by atoms with Gasteiger partial charge in [0.05, 0.1) is 23.4 Å². The molecule has 0 unspecified atom stereocenters. The number of thiocarbonyl (C=S) groups is 1. The van der Waals surface area contributed by atoms with Gasteiger partial charge in [-0.3, -0.25) is 9.69 Å². The van der Waals surface area contributed by atoms with Crippen LogP contribution in [0.2, 0.25) is 0 Å². The molecule has 1 aromatic heterocycles. The van der Waals surface area contributed by atoms with E-state index in [4.69, 9.17) is 18.0 Å². The maximum atomic E-state index is 12.1. The summed E-state index contributed by atoms with van der Waals surface area (Å²) in [4.78, 5) is 18.4. The van der Waals surface area contributed by atoms with E-state index in [1.165, 1.54) is 0 Å². The highest BCUT2D eigenvalue weighted by Gasteiger charge is 2.11. The maximum absolute atomic E-state index is 12.1.